The Balaban J connectivity index is 1.45. The number of fused-ring (bicyclic) bond motifs is 2. The zero-order valence-electron chi connectivity index (χ0n) is 21.2. The lowest BCUT2D eigenvalue weighted by atomic mass is 9.74. The smallest absolute Gasteiger partial charge is 0.378 e. The number of benzene rings is 2. The molecule has 2 aromatic carbocycles. The van der Waals surface area contributed by atoms with Crippen LogP contribution in [0.4, 0.5) is 10.5 Å². The van der Waals surface area contributed by atoms with Gasteiger partial charge in [-0.25, -0.2) is 4.79 Å². The molecule has 3 amide bonds. The molecule has 1 unspecified atom stereocenters. The summed E-state index contributed by atoms with van der Waals surface area (Å²) in [7, 11) is 0. The summed E-state index contributed by atoms with van der Waals surface area (Å²) in [6.07, 6.45) is 0.814. The fourth-order valence-corrected chi connectivity index (χ4v) is 5.13. The molecule has 1 saturated heterocycles. The summed E-state index contributed by atoms with van der Waals surface area (Å²) < 4.78 is 10.5. The minimum Gasteiger partial charge on any atom is -0.378 e. The molecule has 4 rings (SSSR count). The molecule has 2 aliphatic heterocycles. The van der Waals surface area contributed by atoms with Crippen molar-refractivity contribution in [3.63, 3.8) is 0 Å². The number of nitrogens with one attached hydrogen (secondary N) is 1. The van der Waals surface area contributed by atoms with Gasteiger partial charge in [0, 0.05) is 38.0 Å². The van der Waals surface area contributed by atoms with E-state index in [-0.39, 0.29) is 17.9 Å². The third-order valence-electron chi connectivity index (χ3n) is 7.14. The molecule has 0 aliphatic carbocycles. The molecule has 198 valence electrons. The predicted octanol–water partition coefficient (Wildman–Crippen LogP) is 2.79. The SMILES string of the molecule is CC(C)(N)C(=O)NC(COCc1ccccc1)C(=O)N1CCC2(CC1)CN(C(=O)OS)c1ccccc12. The van der Waals surface area contributed by atoms with Crippen molar-refractivity contribution in [1.82, 2.24) is 10.2 Å². The van der Waals surface area contributed by atoms with Crippen molar-refractivity contribution in [2.45, 2.75) is 50.3 Å². The van der Waals surface area contributed by atoms with Crippen molar-refractivity contribution in [2.24, 2.45) is 5.73 Å². The minimum absolute atomic E-state index is 0.0294. The molecular formula is C27H34N4O5S. The number of nitrogens with two attached hydrogens (primary N) is 1. The fourth-order valence-electron chi connectivity index (χ4n) is 5.03. The van der Waals surface area contributed by atoms with E-state index in [0.29, 0.717) is 39.1 Å². The molecule has 0 aromatic heterocycles. The Hall–Kier alpha value is -3.08. The summed E-state index contributed by atoms with van der Waals surface area (Å²) in [5, 5.41) is 2.79. The summed E-state index contributed by atoms with van der Waals surface area (Å²) in [6, 6.07) is 16.5. The molecule has 2 aliphatic rings. The van der Waals surface area contributed by atoms with E-state index < -0.39 is 23.6 Å². The third kappa shape index (κ3) is 5.92. The monoisotopic (exact) mass is 526 g/mol. The highest BCUT2D eigenvalue weighted by molar-refractivity contribution is 7.75. The van der Waals surface area contributed by atoms with Crippen molar-refractivity contribution in [2.75, 3.05) is 31.1 Å². The number of rotatable bonds is 7. The van der Waals surface area contributed by atoms with Crippen LogP contribution < -0.4 is 16.0 Å². The maximum atomic E-state index is 13.6. The van der Waals surface area contributed by atoms with Crippen molar-refractivity contribution < 1.29 is 23.3 Å². The van der Waals surface area contributed by atoms with E-state index in [1.165, 1.54) is 0 Å². The normalized spacial score (nSPS) is 17.3. The number of hydrogen-bond acceptors (Lipinski definition) is 7. The van der Waals surface area contributed by atoms with Gasteiger partial charge in [0.2, 0.25) is 11.8 Å². The number of likely N-dealkylation sites (tertiary alicyclic amines) is 1. The molecule has 0 saturated carbocycles. The predicted molar refractivity (Wildman–Crippen MR) is 143 cm³/mol. The summed E-state index contributed by atoms with van der Waals surface area (Å²) in [5.41, 5.74) is 7.41. The number of ether oxygens (including phenoxy) is 1. The highest BCUT2D eigenvalue weighted by Gasteiger charge is 2.47. The number of piperidine rings is 1. The van der Waals surface area contributed by atoms with Crippen molar-refractivity contribution in [3.8, 4) is 0 Å². The average Bonchev–Trinajstić information content (AvgIpc) is 3.21. The van der Waals surface area contributed by atoms with Gasteiger partial charge in [-0.3, -0.25) is 14.5 Å². The molecule has 2 heterocycles. The maximum Gasteiger partial charge on any atom is 0.426 e. The van der Waals surface area contributed by atoms with E-state index in [9.17, 15) is 14.4 Å². The molecule has 1 spiro atoms. The lowest BCUT2D eigenvalue weighted by Crippen LogP contribution is -2.59. The van der Waals surface area contributed by atoms with Crippen molar-refractivity contribution in [3.05, 3.63) is 65.7 Å². The van der Waals surface area contributed by atoms with Crippen LogP contribution in [0.5, 0.6) is 0 Å². The summed E-state index contributed by atoms with van der Waals surface area (Å²) in [4.78, 5) is 41.9. The number of nitrogens with zero attached hydrogens (tertiary/aromatic N) is 2. The fraction of sp³-hybridized carbons (Fsp3) is 0.444. The molecular weight excluding hydrogens is 492 g/mol. The number of carbonyl (C=O) groups excluding carboxylic acids is 3. The van der Waals surface area contributed by atoms with Crippen molar-refractivity contribution in [1.29, 1.82) is 0 Å². The van der Waals surface area contributed by atoms with Crippen LogP contribution in [0.1, 0.15) is 37.8 Å². The quantitative estimate of drug-likeness (QED) is 0.378. The number of hydrogen-bond donors (Lipinski definition) is 3. The number of carbonyl (C=O) groups is 3. The highest BCUT2D eigenvalue weighted by Crippen LogP contribution is 2.47. The van der Waals surface area contributed by atoms with Gasteiger partial charge < -0.3 is 24.9 Å². The second-order valence-electron chi connectivity index (χ2n) is 10.3. The second-order valence-corrected chi connectivity index (χ2v) is 10.5. The van der Waals surface area contributed by atoms with E-state index in [2.05, 4.69) is 18.2 Å². The van der Waals surface area contributed by atoms with Crippen LogP contribution in [0.25, 0.3) is 0 Å². The van der Waals surface area contributed by atoms with Gasteiger partial charge >= 0.3 is 6.09 Å². The Kier molecular flexibility index (Phi) is 8.11. The van der Waals surface area contributed by atoms with Gasteiger partial charge in [-0.15, -0.1) is 0 Å². The molecule has 0 radical (unpaired) electrons. The minimum atomic E-state index is -1.14. The summed E-state index contributed by atoms with van der Waals surface area (Å²) >= 11 is 3.70. The molecule has 1 atom stereocenters. The van der Waals surface area contributed by atoms with Gasteiger partial charge in [0.05, 0.1) is 24.4 Å². The Morgan fingerprint density at radius 3 is 2.38 bits per heavy atom. The number of amides is 3. The van der Waals surface area contributed by atoms with Crippen LogP contribution in [0, 0.1) is 0 Å². The first kappa shape index (κ1) is 27.0. The van der Waals surface area contributed by atoms with E-state index in [1.54, 1.807) is 23.6 Å². The molecule has 9 nitrogen and oxygen atoms in total. The molecule has 37 heavy (non-hydrogen) atoms. The Labute approximate surface area is 222 Å². The van der Waals surface area contributed by atoms with E-state index in [4.69, 9.17) is 14.7 Å². The van der Waals surface area contributed by atoms with Crippen LogP contribution in [-0.4, -0.2) is 60.6 Å². The Morgan fingerprint density at radius 1 is 1.08 bits per heavy atom. The molecule has 10 heteroatoms. The maximum absolute atomic E-state index is 13.6. The van der Waals surface area contributed by atoms with Crippen LogP contribution in [-0.2, 0) is 30.5 Å². The number of thiol groups is 1. The first-order chi connectivity index (χ1) is 17.6. The van der Waals surface area contributed by atoms with E-state index in [0.717, 1.165) is 16.8 Å². The van der Waals surface area contributed by atoms with Crippen molar-refractivity contribution >= 4 is 36.5 Å². The van der Waals surface area contributed by atoms with Crippen LogP contribution in [0.15, 0.2) is 54.6 Å². The summed E-state index contributed by atoms with van der Waals surface area (Å²) in [5.74, 6) is -0.633. The Morgan fingerprint density at radius 2 is 1.73 bits per heavy atom. The van der Waals surface area contributed by atoms with Gasteiger partial charge in [0.1, 0.15) is 6.04 Å². The molecule has 3 N–H and O–H groups in total. The van der Waals surface area contributed by atoms with Gasteiger partial charge in [0.15, 0.2) is 0 Å². The first-order valence-corrected chi connectivity index (χ1v) is 12.7. The lowest BCUT2D eigenvalue weighted by Gasteiger charge is -2.41. The standard InChI is InChI=1S/C27H34N4O5S/c1-26(2,28)24(33)29-21(17-35-16-19-8-4-3-5-9-19)23(32)30-14-12-27(13-15-30)18-31(25(34)36-37)22-11-7-6-10-20(22)27/h3-11,21,37H,12-18,28H2,1-2H3,(H,29,33). The van der Waals surface area contributed by atoms with Gasteiger partial charge in [-0.05, 0) is 43.9 Å². The topological polar surface area (TPSA) is 114 Å². The van der Waals surface area contributed by atoms with Crippen LogP contribution in [0.2, 0.25) is 0 Å². The van der Waals surface area contributed by atoms with Gasteiger partial charge in [-0.1, -0.05) is 48.5 Å². The zero-order chi connectivity index (χ0) is 26.6. The lowest BCUT2D eigenvalue weighted by molar-refractivity contribution is -0.140. The number of anilines is 1. The average molecular weight is 527 g/mol. The Bertz CT molecular complexity index is 1130. The molecule has 0 bridgehead atoms. The third-order valence-corrected chi connectivity index (χ3v) is 7.30. The first-order valence-electron chi connectivity index (χ1n) is 12.4. The van der Waals surface area contributed by atoms with Crippen LogP contribution in [0.3, 0.4) is 0 Å². The highest BCUT2D eigenvalue weighted by atomic mass is 32.1. The van der Waals surface area contributed by atoms with E-state index in [1.807, 2.05) is 54.6 Å². The van der Waals surface area contributed by atoms with Gasteiger partial charge in [-0.2, -0.15) is 0 Å². The zero-order valence-corrected chi connectivity index (χ0v) is 22.1. The molecule has 2 aromatic rings. The van der Waals surface area contributed by atoms with Gasteiger partial charge in [0.25, 0.3) is 0 Å². The van der Waals surface area contributed by atoms with E-state index >= 15 is 0 Å². The summed E-state index contributed by atoms with van der Waals surface area (Å²) in [6.45, 7) is 4.97. The second kappa shape index (κ2) is 11.1. The number of para-hydroxylation sites is 1. The largest absolute Gasteiger partial charge is 0.426 e. The molecule has 1 fully saturated rings. The van der Waals surface area contributed by atoms with Crippen LogP contribution >= 0.6 is 12.9 Å².